The summed E-state index contributed by atoms with van der Waals surface area (Å²) < 4.78 is 29.3. The van der Waals surface area contributed by atoms with Crippen LogP contribution in [-0.4, -0.2) is 82.7 Å². The van der Waals surface area contributed by atoms with E-state index in [1.807, 2.05) is 6.92 Å². The third kappa shape index (κ3) is 8.07. The smallest absolute Gasteiger partial charge is 0.308 e. The third-order valence-electron chi connectivity index (χ3n) is 4.23. The summed E-state index contributed by atoms with van der Waals surface area (Å²) in [7, 11) is 0.0102. The van der Waals surface area contributed by atoms with Crippen LogP contribution in [0, 0.1) is 5.92 Å². The van der Waals surface area contributed by atoms with E-state index in [-0.39, 0.29) is 35.9 Å². The molecule has 0 unspecified atom stereocenters. The topological polar surface area (TPSA) is 91.3 Å². The Labute approximate surface area is 168 Å². The van der Waals surface area contributed by atoms with Crippen molar-refractivity contribution in [2.45, 2.75) is 26.2 Å². The van der Waals surface area contributed by atoms with Crippen LogP contribution < -0.4 is 5.32 Å². The Morgan fingerprint density at radius 2 is 1.96 bits per heavy atom. The second-order valence-electron chi connectivity index (χ2n) is 5.87. The molecule has 0 aliphatic carbocycles. The van der Waals surface area contributed by atoms with Crippen LogP contribution in [0.4, 0.5) is 0 Å². The highest BCUT2D eigenvalue weighted by Gasteiger charge is 2.26. The van der Waals surface area contributed by atoms with Gasteiger partial charge in [0.25, 0.3) is 0 Å². The second kappa shape index (κ2) is 11.9. The molecular weight excluding hydrogens is 459 g/mol. The Kier molecular flexibility index (Phi) is 11.6. The lowest BCUT2D eigenvalue weighted by molar-refractivity contribution is -0.146. The number of methoxy groups -OCH3 is 1. The number of esters is 1. The first-order chi connectivity index (χ1) is 11.3. The van der Waals surface area contributed by atoms with Gasteiger partial charge >= 0.3 is 5.97 Å². The van der Waals surface area contributed by atoms with Crippen molar-refractivity contribution in [2.75, 3.05) is 53.1 Å². The Balaban J connectivity index is 0.00000576. The number of hydrogen-bond acceptors (Lipinski definition) is 5. The summed E-state index contributed by atoms with van der Waals surface area (Å²) in [6, 6.07) is 0. The quantitative estimate of drug-likeness (QED) is 0.186. The molecule has 0 aromatic heterocycles. The number of sulfonamides is 1. The summed E-state index contributed by atoms with van der Waals surface area (Å²) in [6.07, 6.45) is 3.45. The van der Waals surface area contributed by atoms with Crippen LogP contribution in [0.25, 0.3) is 0 Å². The van der Waals surface area contributed by atoms with Gasteiger partial charge in [-0.25, -0.2) is 12.7 Å². The van der Waals surface area contributed by atoms with E-state index in [9.17, 15) is 13.2 Å². The highest BCUT2D eigenvalue weighted by atomic mass is 127. The van der Waals surface area contributed by atoms with Gasteiger partial charge in [0.05, 0.1) is 19.3 Å². The molecule has 1 heterocycles. The average molecular weight is 490 g/mol. The lowest BCUT2D eigenvalue weighted by Gasteiger charge is -2.33. The molecule has 8 nitrogen and oxygen atoms in total. The van der Waals surface area contributed by atoms with Crippen molar-refractivity contribution in [1.82, 2.24) is 14.5 Å². The molecule has 0 radical (unpaired) electrons. The number of aliphatic imine (C=N–C) groups is 1. The van der Waals surface area contributed by atoms with E-state index in [0.717, 1.165) is 31.9 Å². The van der Waals surface area contributed by atoms with Crippen LogP contribution in [0.15, 0.2) is 4.99 Å². The van der Waals surface area contributed by atoms with E-state index in [4.69, 9.17) is 4.74 Å². The fourth-order valence-corrected chi connectivity index (χ4v) is 3.77. The lowest BCUT2D eigenvalue weighted by Crippen LogP contribution is -2.47. The zero-order chi connectivity index (χ0) is 18.2. The highest BCUT2D eigenvalue weighted by Crippen LogP contribution is 2.18. The van der Waals surface area contributed by atoms with E-state index in [2.05, 4.69) is 15.2 Å². The summed E-state index contributed by atoms with van der Waals surface area (Å²) in [5, 5.41) is 3.27. The summed E-state index contributed by atoms with van der Waals surface area (Å²) in [6.45, 7) is 4.96. The van der Waals surface area contributed by atoms with Crippen molar-refractivity contribution >= 4 is 45.9 Å². The van der Waals surface area contributed by atoms with Gasteiger partial charge in [-0.15, -0.1) is 24.0 Å². The Hall–Kier alpha value is -0.620. The fraction of sp³-hybridized carbons (Fsp3) is 0.867. The molecular formula is C15H31IN4O4S. The summed E-state index contributed by atoms with van der Waals surface area (Å²) in [4.78, 5) is 17.9. The molecule has 0 spiro atoms. The molecule has 25 heavy (non-hydrogen) atoms. The molecule has 10 heteroatoms. The second-order valence-corrected chi connectivity index (χ2v) is 7.85. The number of nitrogens with one attached hydrogen (secondary N) is 1. The number of guanidine groups is 1. The molecule has 0 saturated carbocycles. The number of carbonyl (C=O) groups excluding carboxylic acids is 1. The molecule has 0 bridgehead atoms. The third-order valence-corrected chi connectivity index (χ3v) is 5.61. The van der Waals surface area contributed by atoms with E-state index >= 15 is 0 Å². The van der Waals surface area contributed by atoms with Crippen LogP contribution in [0.2, 0.25) is 0 Å². The van der Waals surface area contributed by atoms with Crippen molar-refractivity contribution < 1.29 is 17.9 Å². The minimum Gasteiger partial charge on any atom is -0.469 e. The zero-order valence-electron chi connectivity index (χ0n) is 15.5. The van der Waals surface area contributed by atoms with Crippen molar-refractivity contribution in [1.29, 1.82) is 0 Å². The lowest BCUT2D eigenvalue weighted by atomic mass is 9.97. The molecule has 0 atom stereocenters. The van der Waals surface area contributed by atoms with Crippen molar-refractivity contribution in [2.24, 2.45) is 10.9 Å². The highest BCUT2D eigenvalue weighted by molar-refractivity contribution is 14.0. The molecule has 1 aliphatic rings. The standard InChI is InChI=1S/C15H30N4O4S.HI/c1-5-19(24(4,21)22)10-6-9-17-15(16-2)18-11-7-13(8-12-18)14(20)23-3;/h13H,5-12H2,1-4H3,(H,16,17);1H. The predicted molar refractivity (Wildman–Crippen MR) is 110 cm³/mol. The van der Waals surface area contributed by atoms with Gasteiger partial charge in [-0.2, -0.15) is 0 Å². The van der Waals surface area contributed by atoms with Crippen LogP contribution in [0.5, 0.6) is 0 Å². The first-order valence-electron chi connectivity index (χ1n) is 8.32. The Bertz CT molecular complexity index is 534. The molecule has 1 saturated heterocycles. The van der Waals surface area contributed by atoms with Gasteiger partial charge in [0.15, 0.2) is 5.96 Å². The predicted octanol–water partition coefficient (Wildman–Crippen LogP) is 0.736. The van der Waals surface area contributed by atoms with E-state index < -0.39 is 10.0 Å². The maximum atomic E-state index is 11.6. The molecule has 1 rings (SSSR count). The normalized spacial score (nSPS) is 16.5. The van der Waals surface area contributed by atoms with Gasteiger partial charge in [0.1, 0.15) is 0 Å². The number of hydrogen-bond donors (Lipinski definition) is 1. The maximum Gasteiger partial charge on any atom is 0.308 e. The van der Waals surface area contributed by atoms with Crippen molar-refractivity contribution in [3.8, 4) is 0 Å². The van der Waals surface area contributed by atoms with Crippen LogP contribution in [0.1, 0.15) is 26.2 Å². The monoisotopic (exact) mass is 490 g/mol. The van der Waals surface area contributed by atoms with E-state index in [1.54, 1.807) is 7.05 Å². The van der Waals surface area contributed by atoms with E-state index in [1.165, 1.54) is 17.7 Å². The first kappa shape index (κ1) is 24.4. The molecule has 0 amide bonds. The molecule has 0 aromatic rings. The SMILES string of the molecule is CCN(CCCNC(=NC)N1CCC(C(=O)OC)CC1)S(C)(=O)=O.I. The fourth-order valence-electron chi connectivity index (χ4n) is 2.84. The van der Waals surface area contributed by atoms with Gasteiger partial charge in [0.2, 0.25) is 10.0 Å². The van der Waals surface area contributed by atoms with E-state index in [0.29, 0.717) is 26.1 Å². The number of halogens is 1. The Morgan fingerprint density at radius 1 is 1.36 bits per heavy atom. The summed E-state index contributed by atoms with van der Waals surface area (Å²) >= 11 is 0. The number of nitrogens with zero attached hydrogens (tertiary/aromatic N) is 3. The van der Waals surface area contributed by atoms with Crippen LogP contribution >= 0.6 is 24.0 Å². The maximum absolute atomic E-state index is 11.6. The van der Waals surface area contributed by atoms with Gasteiger partial charge < -0.3 is 15.0 Å². The van der Waals surface area contributed by atoms with Crippen LogP contribution in [0.3, 0.4) is 0 Å². The zero-order valence-corrected chi connectivity index (χ0v) is 18.7. The summed E-state index contributed by atoms with van der Waals surface area (Å²) in [5.74, 6) is 0.621. The van der Waals surface area contributed by atoms with Crippen LogP contribution in [-0.2, 0) is 19.6 Å². The molecule has 1 aliphatic heterocycles. The summed E-state index contributed by atoms with van der Waals surface area (Å²) in [5.41, 5.74) is 0. The average Bonchev–Trinajstić information content (AvgIpc) is 2.56. The molecule has 1 N–H and O–H groups in total. The number of rotatable bonds is 7. The first-order valence-corrected chi connectivity index (χ1v) is 10.2. The van der Waals surface area contributed by atoms with Gasteiger partial charge in [-0.1, -0.05) is 6.92 Å². The van der Waals surface area contributed by atoms with Crippen molar-refractivity contribution in [3.05, 3.63) is 0 Å². The number of ether oxygens (including phenoxy) is 1. The van der Waals surface area contributed by atoms with Gasteiger partial charge in [-0.3, -0.25) is 9.79 Å². The molecule has 0 aromatic carbocycles. The molecule has 148 valence electrons. The minimum absolute atomic E-state index is 0. The molecule has 1 fully saturated rings. The van der Waals surface area contributed by atoms with Gasteiger partial charge in [0, 0.05) is 39.8 Å². The number of piperidine rings is 1. The largest absolute Gasteiger partial charge is 0.469 e. The number of likely N-dealkylation sites (tertiary alicyclic amines) is 1. The minimum atomic E-state index is -3.14. The van der Waals surface area contributed by atoms with Gasteiger partial charge in [-0.05, 0) is 19.3 Å². The Morgan fingerprint density at radius 3 is 2.40 bits per heavy atom. The number of carbonyl (C=O) groups is 1. The van der Waals surface area contributed by atoms with Crippen molar-refractivity contribution in [3.63, 3.8) is 0 Å².